The van der Waals surface area contributed by atoms with Crippen molar-refractivity contribution in [2.24, 2.45) is 11.0 Å². The Kier molecular flexibility index (Phi) is 3.98. The average molecular weight is 387 g/mol. The summed E-state index contributed by atoms with van der Waals surface area (Å²) in [4.78, 5) is 12.2. The minimum Gasteiger partial charge on any atom is -0.454 e. The highest BCUT2D eigenvalue weighted by atomic mass is 79.9. The lowest BCUT2D eigenvalue weighted by molar-refractivity contribution is -0.122. The van der Waals surface area contributed by atoms with Gasteiger partial charge in [0.05, 0.1) is 6.21 Å². The first kappa shape index (κ1) is 15.2. The van der Waals surface area contributed by atoms with E-state index in [0.29, 0.717) is 17.4 Å². The highest BCUT2D eigenvalue weighted by molar-refractivity contribution is 9.10. The molecule has 0 aromatic heterocycles. The minimum absolute atomic E-state index is 0.00439. The van der Waals surface area contributed by atoms with Crippen LogP contribution in [0.2, 0.25) is 0 Å². The van der Waals surface area contributed by atoms with Gasteiger partial charge in [-0.25, -0.2) is 5.43 Å². The Balaban J connectivity index is 1.37. The summed E-state index contributed by atoms with van der Waals surface area (Å²) in [6, 6.07) is 13.8. The first-order valence-electron chi connectivity index (χ1n) is 7.69. The van der Waals surface area contributed by atoms with Crippen LogP contribution in [0, 0.1) is 5.92 Å². The Hall–Kier alpha value is -2.34. The van der Waals surface area contributed by atoms with Crippen molar-refractivity contribution in [1.29, 1.82) is 0 Å². The van der Waals surface area contributed by atoms with E-state index in [-0.39, 0.29) is 18.6 Å². The first-order valence-corrected chi connectivity index (χ1v) is 8.48. The molecule has 1 fully saturated rings. The molecule has 0 bridgehead atoms. The fraction of sp³-hybridized carbons (Fsp3) is 0.222. The molecular weight excluding hydrogens is 372 g/mol. The largest absolute Gasteiger partial charge is 0.454 e. The average Bonchev–Trinajstić information content (AvgIpc) is 3.28. The smallest absolute Gasteiger partial charge is 0.243 e. The van der Waals surface area contributed by atoms with Crippen molar-refractivity contribution in [3.63, 3.8) is 0 Å². The van der Waals surface area contributed by atoms with Gasteiger partial charge in [0.25, 0.3) is 0 Å². The number of hydrazone groups is 1. The van der Waals surface area contributed by atoms with Gasteiger partial charge in [-0.1, -0.05) is 30.3 Å². The van der Waals surface area contributed by atoms with Gasteiger partial charge >= 0.3 is 0 Å². The molecule has 4 rings (SSSR count). The topological polar surface area (TPSA) is 59.9 Å². The number of fused-ring (bicyclic) bond motifs is 1. The number of rotatable bonds is 4. The van der Waals surface area contributed by atoms with Crippen molar-refractivity contribution < 1.29 is 14.3 Å². The molecule has 2 aromatic rings. The summed E-state index contributed by atoms with van der Waals surface area (Å²) in [5, 5.41) is 4.07. The molecular formula is C18H15BrN2O3. The SMILES string of the molecule is O=C(N/N=C/c1cc2c(cc1Br)OCO2)C1CC1c1ccccc1. The molecule has 1 heterocycles. The van der Waals surface area contributed by atoms with Gasteiger partial charge in [0.1, 0.15) is 0 Å². The molecule has 0 radical (unpaired) electrons. The molecule has 1 aliphatic carbocycles. The standard InChI is InChI=1S/C18H15BrN2O3/c19-15-8-17-16(23-10-24-17)6-12(15)9-20-21-18(22)14-7-13(14)11-4-2-1-3-5-11/h1-6,8-9,13-14H,7,10H2,(H,21,22)/b20-9+. The van der Waals surface area contributed by atoms with Gasteiger partial charge in [0.2, 0.25) is 12.7 Å². The molecule has 2 aliphatic rings. The lowest BCUT2D eigenvalue weighted by Crippen LogP contribution is -2.20. The normalized spacial score (nSPS) is 21.0. The van der Waals surface area contributed by atoms with Crippen LogP contribution in [0.4, 0.5) is 0 Å². The predicted molar refractivity (Wildman–Crippen MR) is 93.3 cm³/mol. The monoisotopic (exact) mass is 386 g/mol. The fourth-order valence-electron chi connectivity index (χ4n) is 2.83. The summed E-state index contributed by atoms with van der Waals surface area (Å²) in [6.45, 7) is 0.224. The van der Waals surface area contributed by atoms with E-state index in [9.17, 15) is 4.79 Å². The fourth-order valence-corrected chi connectivity index (χ4v) is 3.26. The number of benzene rings is 2. The summed E-state index contributed by atoms with van der Waals surface area (Å²) >= 11 is 3.46. The van der Waals surface area contributed by atoms with Gasteiger partial charge < -0.3 is 9.47 Å². The lowest BCUT2D eigenvalue weighted by atomic mass is 10.1. The van der Waals surface area contributed by atoms with Crippen molar-refractivity contribution in [3.05, 3.63) is 58.1 Å². The molecule has 2 aromatic carbocycles. The minimum atomic E-state index is -0.0445. The number of nitrogens with one attached hydrogen (secondary N) is 1. The second kappa shape index (κ2) is 6.28. The summed E-state index contributed by atoms with van der Waals surface area (Å²) in [6.07, 6.45) is 2.48. The van der Waals surface area contributed by atoms with Crippen LogP contribution in [-0.2, 0) is 4.79 Å². The Morgan fingerprint density at radius 3 is 2.75 bits per heavy atom. The number of hydrogen-bond donors (Lipinski definition) is 1. The zero-order valence-electron chi connectivity index (χ0n) is 12.7. The van der Waals surface area contributed by atoms with Crippen LogP contribution in [0.5, 0.6) is 11.5 Å². The first-order chi connectivity index (χ1) is 11.7. The van der Waals surface area contributed by atoms with E-state index in [1.807, 2.05) is 30.3 Å². The molecule has 2 atom stereocenters. The number of ether oxygens (including phenoxy) is 2. The van der Waals surface area contributed by atoms with Gasteiger partial charge in [-0.3, -0.25) is 4.79 Å². The highest BCUT2D eigenvalue weighted by Gasteiger charge is 2.43. The van der Waals surface area contributed by atoms with Gasteiger partial charge in [-0.2, -0.15) is 5.10 Å². The third-order valence-electron chi connectivity index (χ3n) is 4.23. The van der Waals surface area contributed by atoms with Crippen LogP contribution in [0.15, 0.2) is 52.0 Å². The van der Waals surface area contributed by atoms with Crippen molar-refractivity contribution in [2.75, 3.05) is 6.79 Å². The molecule has 1 aliphatic heterocycles. The molecule has 6 heteroatoms. The summed E-state index contributed by atoms with van der Waals surface area (Å²) in [5.74, 6) is 1.64. The van der Waals surface area contributed by atoms with Gasteiger partial charge in [-0.15, -0.1) is 0 Å². The summed E-state index contributed by atoms with van der Waals surface area (Å²) in [5.41, 5.74) is 4.65. The molecule has 24 heavy (non-hydrogen) atoms. The number of carbonyl (C=O) groups is 1. The molecule has 5 nitrogen and oxygen atoms in total. The molecule has 122 valence electrons. The number of halogens is 1. The number of amides is 1. The summed E-state index contributed by atoms with van der Waals surface area (Å²) in [7, 11) is 0. The third-order valence-corrected chi connectivity index (χ3v) is 4.91. The van der Waals surface area contributed by atoms with Crippen LogP contribution in [0.3, 0.4) is 0 Å². The van der Waals surface area contributed by atoms with E-state index in [1.54, 1.807) is 6.21 Å². The van der Waals surface area contributed by atoms with Crippen molar-refractivity contribution in [1.82, 2.24) is 5.43 Å². The van der Waals surface area contributed by atoms with Crippen LogP contribution in [0.25, 0.3) is 0 Å². The van der Waals surface area contributed by atoms with Crippen molar-refractivity contribution in [2.45, 2.75) is 12.3 Å². The van der Waals surface area contributed by atoms with Crippen LogP contribution in [-0.4, -0.2) is 18.9 Å². The van der Waals surface area contributed by atoms with E-state index >= 15 is 0 Å². The van der Waals surface area contributed by atoms with E-state index < -0.39 is 0 Å². The van der Waals surface area contributed by atoms with Crippen LogP contribution >= 0.6 is 15.9 Å². The Bertz CT molecular complexity index is 807. The second-order valence-corrected chi connectivity index (χ2v) is 6.67. The van der Waals surface area contributed by atoms with Crippen molar-refractivity contribution in [3.8, 4) is 11.5 Å². The second-order valence-electron chi connectivity index (χ2n) is 5.82. The Labute approximate surface area is 147 Å². The van der Waals surface area contributed by atoms with Crippen LogP contribution in [0.1, 0.15) is 23.5 Å². The predicted octanol–water partition coefficient (Wildman–Crippen LogP) is 3.43. The van der Waals surface area contributed by atoms with Crippen LogP contribution < -0.4 is 14.9 Å². The zero-order valence-corrected chi connectivity index (χ0v) is 14.3. The molecule has 2 unspecified atom stereocenters. The van der Waals surface area contributed by atoms with E-state index in [1.165, 1.54) is 5.56 Å². The van der Waals surface area contributed by atoms with E-state index in [0.717, 1.165) is 16.5 Å². The quantitative estimate of drug-likeness (QED) is 0.646. The molecule has 1 saturated carbocycles. The maximum atomic E-state index is 12.2. The summed E-state index contributed by atoms with van der Waals surface area (Å²) < 4.78 is 11.5. The van der Waals surface area contributed by atoms with Gasteiger partial charge in [0.15, 0.2) is 11.5 Å². The van der Waals surface area contributed by atoms with E-state index in [4.69, 9.17) is 9.47 Å². The van der Waals surface area contributed by atoms with Gasteiger partial charge in [0, 0.05) is 16.0 Å². The lowest BCUT2D eigenvalue weighted by Gasteiger charge is -2.02. The number of nitrogens with zero attached hydrogens (tertiary/aromatic N) is 1. The highest BCUT2D eigenvalue weighted by Crippen LogP contribution is 2.47. The van der Waals surface area contributed by atoms with Crippen molar-refractivity contribution >= 4 is 28.1 Å². The zero-order chi connectivity index (χ0) is 16.5. The number of carbonyl (C=O) groups excluding carboxylic acids is 1. The maximum Gasteiger partial charge on any atom is 0.243 e. The number of hydrogen-bond acceptors (Lipinski definition) is 4. The van der Waals surface area contributed by atoms with E-state index in [2.05, 4.69) is 38.6 Å². The Morgan fingerprint density at radius 2 is 1.96 bits per heavy atom. The Morgan fingerprint density at radius 1 is 1.21 bits per heavy atom. The molecule has 0 saturated heterocycles. The molecule has 1 N–H and O–H groups in total. The molecule has 1 amide bonds. The third kappa shape index (κ3) is 3.01. The van der Waals surface area contributed by atoms with Gasteiger partial charge in [-0.05, 0) is 46.0 Å². The molecule has 0 spiro atoms. The maximum absolute atomic E-state index is 12.2.